The lowest BCUT2D eigenvalue weighted by atomic mass is 9.95. The van der Waals surface area contributed by atoms with Crippen molar-refractivity contribution in [2.24, 2.45) is 0 Å². The summed E-state index contributed by atoms with van der Waals surface area (Å²) in [7, 11) is 0. The molecule has 0 fully saturated rings. The summed E-state index contributed by atoms with van der Waals surface area (Å²) in [6, 6.07) is 14.7. The molecular formula is C29H34N4O6. The molecule has 1 aliphatic rings. The van der Waals surface area contributed by atoms with Crippen LogP contribution in [-0.2, 0) is 32.0 Å². The highest BCUT2D eigenvalue weighted by atomic mass is 16.5. The van der Waals surface area contributed by atoms with Gasteiger partial charge in [0.1, 0.15) is 6.04 Å². The van der Waals surface area contributed by atoms with Gasteiger partial charge in [-0.05, 0) is 36.5 Å². The third kappa shape index (κ3) is 6.83. The number of carbonyl (C=O) groups is 4. The fourth-order valence-corrected chi connectivity index (χ4v) is 5.20. The van der Waals surface area contributed by atoms with Gasteiger partial charge in [0.15, 0.2) is 6.04 Å². The molecule has 2 atom stereocenters. The Morgan fingerprint density at radius 2 is 1.64 bits per heavy atom. The number of aromatic nitrogens is 1. The Labute approximate surface area is 226 Å². The minimum atomic E-state index is -1.15. The second-order valence-corrected chi connectivity index (χ2v) is 9.84. The summed E-state index contributed by atoms with van der Waals surface area (Å²) in [5, 5.41) is 22.1. The average Bonchev–Trinajstić information content (AvgIpc) is 3.32. The lowest BCUT2D eigenvalue weighted by Crippen LogP contribution is -2.51. The third-order valence-corrected chi connectivity index (χ3v) is 7.17. The van der Waals surface area contributed by atoms with E-state index in [9.17, 15) is 24.3 Å². The Morgan fingerprint density at radius 1 is 0.949 bits per heavy atom. The molecule has 0 radical (unpaired) electrons. The number of hydroxylamine groups is 1. The minimum Gasteiger partial charge on any atom is -0.480 e. The van der Waals surface area contributed by atoms with Crippen molar-refractivity contribution in [1.82, 2.24) is 20.7 Å². The van der Waals surface area contributed by atoms with Crippen LogP contribution in [0.5, 0.6) is 0 Å². The molecule has 1 aliphatic heterocycles. The number of H-pyrrole nitrogens is 1. The first-order valence-electron chi connectivity index (χ1n) is 13.3. The van der Waals surface area contributed by atoms with Crippen molar-refractivity contribution in [1.29, 1.82) is 0 Å². The molecule has 4 rings (SSSR count). The van der Waals surface area contributed by atoms with E-state index in [0.29, 0.717) is 31.5 Å². The zero-order valence-electron chi connectivity index (χ0n) is 21.7. The van der Waals surface area contributed by atoms with E-state index in [-0.39, 0.29) is 25.2 Å². The zero-order valence-corrected chi connectivity index (χ0v) is 21.7. The van der Waals surface area contributed by atoms with E-state index in [2.05, 4.69) is 10.3 Å². The molecule has 2 aromatic carbocycles. The van der Waals surface area contributed by atoms with Gasteiger partial charge in [0.2, 0.25) is 17.7 Å². The largest absolute Gasteiger partial charge is 0.480 e. The first-order chi connectivity index (χ1) is 18.9. The van der Waals surface area contributed by atoms with Crippen LogP contribution in [0.2, 0.25) is 0 Å². The van der Waals surface area contributed by atoms with E-state index in [1.54, 1.807) is 10.4 Å². The molecule has 0 aliphatic carbocycles. The molecule has 10 heteroatoms. The van der Waals surface area contributed by atoms with Crippen LogP contribution in [0.1, 0.15) is 61.4 Å². The Hall–Kier alpha value is -4.18. The number of carboxylic acids is 1. The summed E-state index contributed by atoms with van der Waals surface area (Å²) in [5.41, 5.74) is 4.83. The van der Waals surface area contributed by atoms with Crippen LogP contribution < -0.4 is 10.8 Å². The van der Waals surface area contributed by atoms with E-state index in [1.165, 1.54) is 0 Å². The summed E-state index contributed by atoms with van der Waals surface area (Å²) in [4.78, 5) is 55.2. The smallest absolute Gasteiger partial charge is 0.326 e. The lowest BCUT2D eigenvalue weighted by Gasteiger charge is -2.35. The van der Waals surface area contributed by atoms with Crippen LogP contribution >= 0.6 is 0 Å². The van der Waals surface area contributed by atoms with E-state index >= 15 is 0 Å². The summed E-state index contributed by atoms with van der Waals surface area (Å²) in [5.74, 6) is -2.29. The summed E-state index contributed by atoms with van der Waals surface area (Å²) >= 11 is 0. The van der Waals surface area contributed by atoms with Gasteiger partial charge in [0.05, 0.1) is 5.69 Å². The molecule has 5 N–H and O–H groups in total. The molecule has 2 unspecified atom stereocenters. The molecule has 3 amide bonds. The minimum absolute atomic E-state index is 0.121. The highest BCUT2D eigenvalue weighted by Gasteiger charge is 2.39. The summed E-state index contributed by atoms with van der Waals surface area (Å²) in [6.45, 7) is 0.346. The van der Waals surface area contributed by atoms with Crippen molar-refractivity contribution < 1.29 is 29.5 Å². The molecule has 39 heavy (non-hydrogen) atoms. The molecule has 2 heterocycles. The number of nitrogens with one attached hydrogen (secondary N) is 3. The van der Waals surface area contributed by atoms with E-state index in [1.807, 2.05) is 54.6 Å². The number of benzene rings is 2. The number of fused-ring (bicyclic) bond motifs is 3. The predicted octanol–water partition coefficient (Wildman–Crippen LogP) is 3.25. The van der Waals surface area contributed by atoms with Crippen LogP contribution in [0, 0.1) is 0 Å². The topological polar surface area (TPSA) is 152 Å². The van der Waals surface area contributed by atoms with Gasteiger partial charge in [0, 0.05) is 36.7 Å². The Morgan fingerprint density at radius 3 is 2.36 bits per heavy atom. The molecule has 0 spiro atoms. The summed E-state index contributed by atoms with van der Waals surface area (Å²) in [6.07, 6.45) is 3.81. The Balaban J connectivity index is 1.51. The number of aliphatic carboxylic acids is 1. The monoisotopic (exact) mass is 534 g/mol. The van der Waals surface area contributed by atoms with Gasteiger partial charge >= 0.3 is 5.97 Å². The predicted molar refractivity (Wildman–Crippen MR) is 144 cm³/mol. The van der Waals surface area contributed by atoms with Crippen molar-refractivity contribution in [3.05, 3.63) is 71.4 Å². The zero-order chi connectivity index (χ0) is 27.8. The van der Waals surface area contributed by atoms with Gasteiger partial charge in [-0.1, -0.05) is 61.4 Å². The van der Waals surface area contributed by atoms with Gasteiger partial charge in [-0.3, -0.25) is 19.6 Å². The second kappa shape index (κ2) is 13.1. The molecular weight excluding hydrogens is 500 g/mol. The molecule has 10 nitrogen and oxygen atoms in total. The van der Waals surface area contributed by atoms with Crippen LogP contribution in [0.25, 0.3) is 10.9 Å². The number of para-hydroxylation sites is 1. The molecule has 3 aromatic rings. The van der Waals surface area contributed by atoms with Crippen molar-refractivity contribution in [3.8, 4) is 0 Å². The van der Waals surface area contributed by atoms with Gasteiger partial charge in [-0.2, -0.15) is 0 Å². The van der Waals surface area contributed by atoms with Crippen LogP contribution in [0.3, 0.4) is 0 Å². The molecule has 0 bridgehead atoms. The fraction of sp³-hybridized carbons (Fsp3) is 0.379. The van der Waals surface area contributed by atoms with Crippen LogP contribution in [-0.4, -0.2) is 56.5 Å². The molecule has 206 valence electrons. The van der Waals surface area contributed by atoms with Crippen LogP contribution in [0.4, 0.5) is 0 Å². The maximum Gasteiger partial charge on any atom is 0.326 e. The highest BCUT2D eigenvalue weighted by molar-refractivity contribution is 5.95. The van der Waals surface area contributed by atoms with Crippen molar-refractivity contribution in [2.75, 3.05) is 6.54 Å². The van der Waals surface area contributed by atoms with Crippen molar-refractivity contribution >= 4 is 34.6 Å². The van der Waals surface area contributed by atoms with Gasteiger partial charge in [-0.25, -0.2) is 10.3 Å². The van der Waals surface area contributed by atoms with E-state index < -0.39 is 29.9 Å². The standard InChI is InChI=1S/C29H34N4O6/c34-24(32-39)14-6-1-2-7-15-25(35)33-17-16-21-20-12-8-9-13-22(20)30-26(21)27(33)28(36)31-23(29(37)38)18-19-10-4-3-5-11-19/h3-5,8-13,23,27,30,39H,1-2,6-7,14-18H2,(H,31,36)(H,32,34)(H,37,38). The summed E-state index contributed by atoms with van der Waals surface area (Å²) < 4.78 is 0. The average molecular weight is 535 g/mol. The van der Waals surface area contributed by atoms with Gasteiger partial charge in [-0.15, -0.1) is 0 Å². The second-order valence-electron chi connectivity index (χ2n) is 9.84. The highest BCUT2D eigenvalue weighted by Crippen LogP contribution is 2.35. The quantitative estimate of drug-likeness (QED) is 0.137. The third-order valence-electron chi connectivity index (χ3n) is 7.17. The number of carbonyl (C=O) groups excluding carboxylic acids is 3. The van der Waals surface area contributed by atoms with Crippen LogP contribution in [0.15, 0.2) is 54.6 Å². The van der Waals surface area contributed by atoms with E-state index in [0.717, 1.165) is 34.9 Å². The number of aromatic amines is 1. The maximum atomic E-state index is 13.7. The molecule has 0 saturated heterocycles. The lowest BCUT2D eigenvalue weighted by molar-refractivity contribution is -0.145. The first kappa shape index (κ1) is 27.8. The van der Waals surface area contributed by atoms with E-state index in [4.69, 9.17) is 5.21 Å². The number of nitrogens with zero attached hydrogens (tertiary/aromatic N) is 1. The number of rotatable bonds is 12. The number of carboxylic acid groups (broad SMARTS) is 1. The normalized spacial score (nSPS) is 15.4. The van der Waals surface area contributed by atoms with Crippen molar-refractivity contribution in [2.45, 2.75) is 63.5 Å². The SMILES string of the molecule is O=C(CCCCCCC(=O)N1CCc2c([nH]c3ccccc23)C1C(=O)NC(Cc1ccccc1)C(=O)O)NO. The number of hydrogen-bond acceptors (Lipinski definition) is 5. The Bertz CT molecular complexity index is 1320. The number of hydrogen-bond donors (Lipinski definition) is 5. The van der Waals surface area contributed by atoms with Gasteiger partial charge < -0.3 is 20.3 Å². The number of amides is 3. The first-order valence-corrected chi connectivity index (χ1v) is 13.3. The molecule has 0 saturated carbocycles. The number of unbranched alkanes of at least 4 members (excludes halogenated alkanes) is 3. The van der Waals surface area contributed by atoms with Crippen molar-refractivity contribution in [3.63, 3.8) is 0 Å². The maximum absolute atomic E-state index is 13.7. The fourth-order valence-electron chi connectivity index (χ4n) is 5.20. The Kier molecular flexibility index (Phi) is 9.32. The van der Waals surface area contributed by atoms with Gasteiger partial charge in [0.25, 0.3) is 0 Å². The molecule has 1 aromatic heterocycles.